The summed E-state index contributed by atoms with van der Waals surface area (Å²) in [5.41, 5.74) is 0.00833. The van der Waals surface area contributed by atoms with Gasteiger partial charge in [0.2, 0.25) is 0 Å². The van der Waals surface area contributed by atoms with E-state index in [1.807, 2.05) is 0 Å². The van der Waals surface area contributed by atoms with E-state index in [0.29, 0.717) is 6.42 Å². The molecular formula is C18H30O5. The average Bonchev–Trinajstić information content (AvgIpc) is 2.57. The van der Waals surface area contributed by atoms with Crippen LogP contribution in [0.4, 0.5) is 0 Å². The van der Waals surface area contributed by atoms with Gasteiger partial charge in [0.25, 0.3) is 0 Å². The Morgan fingerprint density at radius 3 is 2.04 bits per heavy atom. The molecule has 1 N–H and O–H groups in total. The molecule has 0 amide bonds. The molecule has 5 heteroatoms. The Kier molecular flexibility index (Phi) is 8.92. The fourth-order valence-electron chi connectivity index (χ4n) is 2.64. The molecule has 0 aromatic heterocycles. The van der Waals surface area contributed by atoms with Crippen molar-refractivity contribution in [2.75, 3.05) is 0 Å². The van der Waals surface area contributed by atoms with Crippen molar-refractivity contribution in [2.45, 2.75) is 89.9 Å². The number of hydrogen-bond donors (Lipinski definition) is 1. The van der Waals surface area contributed by atoms with Crippen molar-refractivity contribution in [1.29, 1.82) is 0 Å². The second-order valence-corrected chi connectivity index (χ2v) is 6.29. The van der Waals surface area contributed by atoms with Crippen LogP contribution in [0.25, 0.3) is 0 Å². The molecule has 0 spiro atoms. The van der Waals surface area contributed by atoms with Gasteiger partial charge in [-0.2, -0.15) is 0 Å². The van der Waals surface area contributed by atoms with Crippen LogP contribution in [0.1, 0.15) is 84.0 Å². The number of hydrogen-bond acceptors (Lipinski definition) is 5. The molecule has 0 aromatic carbocycles. The Morgan fingerprint density at radius 1 is 0.957 bits per heavy atom. The molecule has 1 fully saturated rings. The SMILES string of the molecule is C=C1CC(=O)OC(O)(CCCCCCCCCCCC)OC1=O. The first-order chi connectivity index (χ1) is 11.0. The number of cyclic esters (lactones) is 2. The highest BCUT2D eigenvalue weighted by atomic mass is 16.8. The van der Waals surface area contributed by atoms with Crippen LogP contribution in [0, 0.1) is 0 Å². The summed E-state index contributed by atoms with van der Waals surface area (Å²) < 4.78 is 9.67. The van der Waals surface area contributed by atoms with Gasteiger partial charge in [0.1, 0.15) is 0 Å². The molecule has 1 heterocycles. The van der Waals surface area contributed by atoms with E-state index in [1.165, 1.54) is 44.9 Å². The van der Waals surface area contributed by atoms with Crippen LogP contribution in [0.15, 0.2) is 12.2 Å². The summed E-state index contributed by atoms with van der Waals surface area (Å²) >= 11 is 0. The van der Waals surface area contributed by atoms with Gasteiger partial charge in [0.05, 0.1) is 12.8 Å². The first kappa shape index (κ1) is 19.7. The largest absolute Gasteiger partial charge is 0.398 e. The van der Waals surface area contributed by atoms with Crippen LogP contribution in [-0.4, -0.2) is 23.0 Å². The van der Waals surface area contributed by atoms with Crippen LogP contribution in [-0.2, 0) is 19.1 Å². The normalized spacial score (nSPS) is 21.7. The van der Waals surface area contributed by atoms with Crippen LogP contribution >= 0.6 is 0 Å². The molecule has 1 aliphatic heterocycles. The van der Waals surface area contributed by atoms with Gasteiger partial charge in [-0.25, -0.2) is 4.79 Å². The molecular weight excluding hydrogens is 296 g/mol. The molecule has 1 aliphatic rings. The zero-order valence-corrected chi connectivity index (χ0v) is 14.3. The number of aliphatic hydroxyl groups is 1. The summed E-state index contributed by atoms with van der Waals surface area (Å²) in [5.74, 6) is -3.59. The van der Waals surface area contributed by atoms with Crippen LogP contribution in [0.3, 0.4) is 0 Å². The Balaban J connectivity index is 2.13. The predicted octanol–water partition coefficient (Wildman–Crippen LogP) is 3.99. The van der Waals surface area contributed by atoms with E-state index in [4.69, 9.17) is 9.47 Å². The zero-order valence-electron chi connectivity index (χ0n) is 14.3. The van der Waals surface area contributed by atoms with Gasteiger partial charge >= 0.3 is 17.9 Å². The van der Waals surface area contributed by atoms with Crippen molar-refractivity contribution in [3.8, 4) is 0 Å². The van der Waals surface area contributed by atoms with E-state index >= 15 is 0 Å². The van der Waals surface area contributed by atoms with Crippen molar-refractivity contribution in [3.63, 3.8) is 0 Å². The number of ether oxygens (including phenoxy) is 2. The van der Waals surface area contributed by atoms with Crippen molar-refractivity contribution < 1.29 is 24.2 Å². The minimum absolute atomic E-state index is 0.00833. The molecule has 5 nitrogen and oxygen atoms in total. The van der Waals surface area contributed by atoms with Gasteiger partial charge in [-0.3, -0.25) is 4.79 Å². The lowest BCUT2D eigenvalue weighted by Crippen LogP contribution is -2.37. The summed E-state index contributed by atoms with van der Waals surface area (Å²) in [6, 6.07) is 0. The summed E-state index contributed by atoms with van der Waals surface area (Å²) in [5, 5.41) is 10.1. The molecule has 1 unspecified atom stereocenters. The van der Waals surface area contributed by atoms with Crippen molar-refractivity contribution in [3.05, 3.63) is 12.2 Å². The molecule has 0 radical (unpaired) electrons. The number of unbranched alkanes of at least 4 members (excludes halogenated alkanes) is 9. The highest BCUT2D eigenvalue weighted by Crippen LogP contribution is 2.25. The molecule has 1 atom stereocenters. The smallest absolute Gasteiger partial charge is 0.373 e. The van der Waals surface area contributed by atoms with E-state index in [1.54, 1.807) is 0 Å². The fraction of sp³-hybridized carbons (Fsp3) is 0.778. The third kappa shape index (κ3) is 8.16. The summed E-state index contributed by atoms with van der Waals surface area (Å²) in [4.78, 5) is 23.0. The van der Waals surface area contributed by atoms with E-state index in [-0.39, 0.29) is 18.4 Å². The lowest BCUT2D eigenvalue weighted by Gasteiger charge is -2.24. The third-order valence-corrected chi connectivity index (χ3v) is 4.02. The van der Waals surface area contributed by atoms with Crippen LogP contribution < -0.4 is 0 Å². The van der Waals surface area contributed by atoms with E-state index in [0.717, 1.165) is 12.8 Å². The van der Waals surface area contributed by atoms with Crippen LogP contribution in [0.2, 0.25) is 0 Å². The first-order valence-corrected chi connectivity index (χ1v) is 8.82. The lowest BCUT2D eigenvalue weighted by molar-refractivity contribution is -0.323. The van der Waals surface area contributed by atoms with E-state index in [9.17, 15) is 14.7 Å². The number of rotatable bonds is 11. The van der Waals surface area contributed by atoms with Gasteiger partial charge in [-0.05, 0) is 6.42 Å². The molecule has 132 valence electrons. The van der Waals surface area contributed by atoms with Gasteiger partial charge in [-0.15, -0.1) is 0 Å². The number of esters is 2. The Bertz CT molecular complexity index is 404. The summed E-state index contributed by atoms with van der Waals surface area (Å²) in [7, 11) is 0. The first-order valence-electron chi connectivity index (χ1n) is 8.82. The Labute approximate surface area is 139 Å². The topological polar surface area (TPSA) is 72.8 Å². The molecule has 1 rings (SSSR count). The Hall–Kier alpha value is -1.36. The maximum absolute atomic E-state index is 11.5. The predicted molar refractivity (Wildman–Crippen MR) is 87.4 cm³/mol. The highest BCUT2D eigenvalue weighted by Gasteiger charge is 2.39. The maximum atomic E-state index is 11.5. The highest BCUT2D eigenvalue weighted by molar-refractivity contribution is 5.94. The van der Waals surface area contributed by atoms with Gasteiger partial charge in [0, 0.05) is 5.57 Å². The quantitative estimate of drug-likeness (QED) is 0.353. The van der Waals surface area contributed by atoms with Gasteiger partial charge in [-0.1, -0.05) is 71.3 Å². The molecule has 0 aliphatic carbocycles. The summed E-state index contributed by atoms with van der Waals surface area (Å²) in [6.45, 7) is 5.66. The number of carbonyl (C=O) groups is 2. The Morgan fingerprint density at radius 2 is 1.48 bits per heavy atom. The van der Waals surface area contributed by atoms with Crippen molar-refractivity contribution >= 4 is 11.9 Å². The van der Waals surface area contributed by atoms with Crippen molar-refractivity contribution in [1.82, 2.24) is 0 Å². The van der Waals surface area contributed by atoms with Crippen LogP contribution in [0.5, 0.6) is 0 Å². The molecule has 23 heavy (non-hydrogen) atoms. The van der Waals surface area contributed by atoms with E-state index in [2.05, 4.69) is 13.5 Å². The maximum Gasteiger partial charge on any atom is 0.373 e. The molecule has 1 saturated heterocycles. The average molecular weight is 326 g/mol. The fourth-order valence-corrected chi connectivity index (χ4v) is 2.64. The van der Waals surface area contributed by atoms with Gasteiger partial charge in [0.15, 0.2) is 0 Å². The van der Waals surface area contributed by atoms with E-state index < -0.39 is 17.9 Å². The molecule has 0 saturated carbocycles. The third-order valence-electron chi connectivity index (χ3n) is 4.02. The second-order valence-electron chi connectivity index (χ2n) is 6.29. The zero-order chi connectivity index (χ0) is 17.1. The number of carbonyl (C=O) groups excluding carboxylic acids is 2. The standard InChI is InChI=1S/C18H30O5/c1-3-4-5-6-7-8-9-10-11-12-13-18(21)22-16(19)14-15(2)17(20)23-18/h21H,2-14H2,1H3. The van der Waals surface area contributed by atoms with Crippen molar-refractivity contribution in [2.24, 2.45) is 0 Å². The minimum atomic E-state index is -2.13. The lowest BCUT2D eigenvalue weighted by atomic mass is 10.1. The summed E-state index contributed by atoms with van der Waals surface area (Å²) in [6.07, 6.45) is 11.4. The van der Waals surface area contributed by atoms with Gasteiger partial charge < -0.3 is 14.6 Å². The minimum Gasteiger partial charge on any atom is -0.398 e. The molecule has 0 bridgehead atoms. The monoisotopic (exact) mass is 326 g/mol. The molecule has 0 aromatic rings. The second kappa shape index (κ2) is 10.4.